The maximum Gasteiger partial charge on any atom is 0.333 e. The second kappa shape index (κ2) is 7.87. The molecular weight excluding hydrogens is 420 g/mol. The van der Waals surface area contributed by atoms with Crippen molar-refractivity contribution in [3.8, 4) is 16.1 Å². The van der Waals surface area contributed by atoms with Crippen LogP contribution in [0.2, 0.25) is 5.02 Å². The molecule has 152 valence electrons. The van der Waals surface area contributed by atoms with Crippen molar-refractivity contribution in [3.05, 3.63) is 86.0 Å². The van der Waals surface area contributed by atoms with Crippen LogP contribution >= 0.6 is 22.9 Å². The Bertz CT molecular complexity index is 1350. The first kappa shape index (κ1) is 19.3. The number of halogens is 1. The van der Waals surface area contributed by atoms with E-state index in [1.165, 1.54) is 15.9 Å². The van der Waals surface area contributed by atoms with Crippen LogP contribution in [-0.4, -0.2) is 22.8 Å². The van der Waals surface area contributed by atoms with E-state index in [1.54, 1.807) is 0 Å². The summed E-state index contributed by atoms with van der Waals surface area (Å²) in [5.41, 5.74) is 2.28. The lowest BCUT2D eigenvalue weighted by Gasteiger charge is -2.24. The topological polar surface area (TPSA) is 64.1 Å². The molecule has 1 N–H and O–H groups in total. The number of rotatable bonds is 3. The number of nitrogens with one attached hydrogen (secondary N) is 1. The van der Waals surface area contributed by atoms with E-state index in [0.717, 1.165) is 28.8 Å². The van der Waals surface area contributed by atoms with Gasteiger partial charge in [0.15, 0.2) is 0 Å². The summed E-state index contributed by atoms with van der Waals surface area (Å²) >= 11 is 7.67. The standard InChI is InChI=1S/C23H19ClN2O3S/c24-17-7-3-1-6-16(17)20-13-18-21(30-20)22(27)26(23(28)25-18)19-8-4-2-5-15(19)14-9-11-29-12-10-14/h1-8,13-14H,9-12H2,(H,25,28). The van der Waals surface area contributed by atoms with Gasteiger partial charge in [0.1, 0.15) is 4.70 Å². The molecule has 5 rings (SSSR count). The fourth-order valence-electron chi connectivity index (χ4n) is 4.07. The predicted octanol–water partition coefficient (Wildman–Crippen LogP) is 4.95. The highest BCUT2D eigenvalue weighted by molar-refractivity contribution is 7.22. The number of benzene rings is 2. The van der Waals surface area contributed by atoms with Crippen molar-refractivity contribution in [1.82, 2.24) is 9.55 Å². The molecule has 1 saturated heterocycles. The summed E-state index contributed by atoms with van der Waals surface area (Å²) in [4.78, 5) is 30.1. The minimum Gasteiger partial charge on any atom is -0.381 e. The zero-order valence-electron chi connectivity index (χ0n) is 16.1. The minimum absolute atomic E-state index is 0.263. The van der Waals surface area contributed by atoms with Crippen LogP contribution in [0.15, 0.2) is 64.2 Å². The largest absolute Gasteiger partial charge is 0.381 e. The zero-order valence-corrected chi connectivity index (χ0v) is 17.6. The Labute approximate surface area is 181 Å². The highest BCUT2D eigenvalue weighted by atomic mass is 35.5. The van der Waals surface area contributed by atoms with Crippen LogP contribution in [0.5, 0.6) is 0 Å². The second-order valence-electron chi connectivity index (χ2n) is 7.35. The summed E-state index contributed by atoms with van der Waals surface area (Å²) in [6.45, 7) is 1.38. The monoisotopic (exact) mass is 438 g/mol. The van der Waals surface area contributed by atoms with E-state index >= 15 is 0 Å². The van der Waals surface area contributed by atoms with Crippen molar-refractivity contribution < 1.29 is 4.74 Å². The van der Waals surface area contributed by atoms with E-state index in [0.29, 0.717) is 34.1 Å². The minimum atomic E-state index is -0.435. The van der Waals surface area contributed by atoms with Gasteiger partial charge in [0, 0.05) is 28.7 Å². The molecule has 0 amide bonds. The molecule has 0 aliphatic carbocycles. The number of hydrogen-bond donors (Lipinski definition) is 1. The van der Waals surface area contributed by atoms with Gasteiger partial charge in [-0.15, -0.1) is 11.3 Å². The molecule has 2 aromatic carbocycles. The van der Waals surface area contributed by atoms with Gasteiger partial charge in [-0.1, -0.05) is 48.0 Å². The highest BCUT2D eigenvalue weighted by Gasteiger charge is 2.22. The van der Waals surface area contributed by atoms with E-state index in [4.69, 9.17) is 16.3 Å². The molecule has 30 heavy (non-hydrogen) atoms. The van der Waals surface area contributed by atoms with Gasteiger partial charge in [-0.25, -0.2) is 9.36 Å². The molecule has 1 aliphatic heterocycles. The van der Waals surface area contributed by atoms with Gasteiger partial charge in [0.25, 0.3) is 5.56 Å². The summed E-state index contributed by atoms with van der Waals surface area (Å²) in [6, 6.07) is 17.0. The van der Waals surface area contributed by atoms with Crippen molar-refractivity contribution in [3.63, 3.8) is 0 Å². The van der Waals surface area contributed by atoms with Gasteiger partial charge in [-0.2, -0.15) is 0 Å². The molecule has 7 heteroatoms. The first-order chi connectivity index (χ1) is 14.6. The highest BCUT2D eigenvalue weighted by Crippen LogP contribution is 2.35. The molecule has 4 aromatic rings. The number of aromatic nitrogens is 2. The molecular formula is C23H19ClN2O3S. The smallest absolute Gasteiger partial charge is 0.333 e. The molecule has 0 radical (unpaired) electrons. The van der Waals surface area contributed by atoms with Crippen LogP contribution in [-0.2, 0) is 4.74 Å². The molecule has 0 atom stereocenters. The average Bonchev–Trinajstić information content (AvgIpc) is 3.19. The first-order valence-corrected chi connectivity index (χ1v) is 11.0. The van der Waals surface area contributed by atoms with Crippen molar-refractivity contribution in [2.45, 2.75) is 18.8 Å². The van der Waals surface area contributed by atoms with Crippen molar-refractivity contribution in [2.24, 2.45) is 0 Å². The van der Waals surface area contributed by atoms with E-state index in [2.05, 4.69) is 4.98 Å². The average molecular weight is 439 g/mol. The van der Waals surface area contributed by atoms with Crippen molar-refractivity contribution >= 4 is 33.2 Å². The van der Waals surface area contributed by atoms with E-state index < -0.39 is 5.69 Å². The maximum atomic E-state index is 13.4. The van der Waals surface area contributed by atoms with E-state index in [1.807, 2.05) is 54.6 Å². The first-order valence-electron chi connectivity index (χ1n) is 9.84. The van der Waals surface area contributed by atoms with E-state index in [9.17, 15) is 9.59 Å². The summed E-state index contributed by atoms with van der Waals surface area (Å²) in [6.07, 6.45) is 1.75. The summed E-state index contributed by atoms with van der Waals surface area (Å²) < 4.78 is 7.25. The lowest BCUT2D eigenvalue weighted by Crippen LogP contribution is -2.34. The van der Waals surface area contributed by atoms with Crippen LogP contribution in [0.4, 0.5) is 0 Å². The van der Waals surface area contributed by atoms with Crippen LogP contribution in [0.3, 0.4) is 0 Å². The van der Waals surface area contributed by atoms with Gasteiger partial charge in [0.05, 0.1) is 11.2 Å². The predicted molar refractivity (Wildman–Crippen MR) is 121 cm³/mol. The van der Waals surface area contributed by atoms with Crippen LogP contribution in [0.25, 0.3) is 26.3 Å². The Kier molecular flexibility index (Phi) is 5.06. The number of ether oxygens (including phenoxy) is 1. The van der Waals surface area contributed by atoms with Crippen molar-refractivity contribution in [2.75, 3.05) is 13.2 Å². The lowest BCUT2D eigenvalue weighted by molar-refractivity contribution is 0.0853. The molecule has 0 spiro atoms. The fraction of sp³-hybridized carbons (Fsp3) is 0.217. The molecule has 5 nitrogen and oxygen atoms in total. The van der Waals surface area contributed by atoms with Gasteiger partial charge in [-0.05, 0) is 42.5 Å². The molecule has 0 bridgehead atoms. The third-order valence-corrected chi connectivity index (χ3v) is 7.04. The fourth-order valence-corrected chi connectivity index (χ4v) is 5.44. The number of H-pyrrole nitrogens is 1. The third-order valence-electron chi connectivity index (χ3n) is 5.55. The molecule has 2 aromatic heterocycles. The van der Waals surface area contributed by atoms with Gasteiger partial charge in [-0.3, -0.25) is 4.79 Å². The Morgan fingerprint density at radius 2 is 1.77 bits per heavy atom. The number of fused-ring (bicyclic) bond motifs is 1. The SMILES string of the molecule is O=c1[nH]c2cc(-c3ccccc3Cl)sc2c(=O)n1-c1ccccc1C1CCOCC1. The Hall–Kier alpha value is -2.67. The lowest BCUT2D eigenvalue weighted by atomic mass is 9.90. The molecule has 3 heterocycles. The van der Waals surface area contributed by atoms with Crippen LogP contribution in [0.1, 0.15) is 24.3 Å². The Morgan fingerprint density at radius 3 is 2.57 bits per heavy atom. The number of para-hydroxylation sites is 1. The number of nitrogens with zero attached hydrogens (tertiary/aromatic N) is 1. The maximum absolute atomic E-state index is 13.4. The number of aromatic amines is 1. The van der Waals surface area contributed by atoms with Gasteiger partial charge < -0.3 is 9.72 Å². The van der Waals surface area contributed by atoms with Crippen LogP contribution in [0, 0.1) is 0 Å². The quantitative estimate of drug-likeness (QED) is 0.492. The van der Waals surface area contributed by atoms with Gasteiger partial charge in [0.2, 0.25) is 0 Å². The Balaban J connectivity index is 1.69. The number of hydrogen-bond acceptors (Lipinski definition) is 4. The second-order valence-corrected chi connectivity index (χ2v) is 8.81. The molecule has 1 fully saturated rings. The van der Waals surface area contributed by atoms with Gasteiger partial charge >= 0.3 is 5.69 Å². The van der Waals surface area contributed by atoms with Crippen LogP contribution < -0.4 is 11.2 Å². The number of thiophene rings is 1. The molecule has 1 aliphatic rings. The normalized spacial score (nSPS) is 15.0. The molecule has 0 unspecified atom stereocenters. The zero-order chi connectivity index (χ0) is 20.7. The summed E-state index contributed by atoms with van der Waals surface area (Å²) in [7, 11) is 0. The van der Waals surface area contributed by atoms with Crippen molar-refractivity contribution in [1.29, 1.82) is 0 Å². The summed E-state index contributed by atoms with van der Waals surface area (Å²) in [5.74, 6) is 0.263. The summed E-state index contributed by atoms with van der Waals surface area (Å²) in [5, 5.41) is 0.608. The third kappa shape index (κ3) is 3.31. The van der Waals surface area contributed by atoms with E-state index in [-0.39, 0.29) is 11.5 Å². The Morgan fingerprint density at radius 1 is 1.03 bits per heavy atom. The molecule has 0 saturated carbocycles.